The normalized spacial score (nSPS) is 27.8. The molecular weight excluding hydrogens is 250 g/mol. The quantitative estimate of drug-likeness (QED) is 0.499. The topological polar surface area (TPSA) is 42.2 Å². The van der Waals surface area contributed by atoms with Gasteiger partial charge >= 0.3 is 0 Å². The average Bonchev–Trinajstić information content (AvgIpc) is 2.65. The summed E-state index contributed by atoms with van der Waals surface area (Å²) in [5.74, 6) is 0.728. The first-order valence-electron chi connectivity index (χ1n) is 7.82. The Hall–Kier alpha value is -0.850. The molecule has 1 aliphatic rings. The molecule has 1 rings (SSSR count). The lowest BCUT2D eigenvalue weighted by atomic mass is 9.71. The smallest absolute Gasteiger partial charge is 0.0700 e. The van der Waals surface area contributed by atoms with E-state index in [-0.39, 0.29) is 11.3 Å². The molecule has 0 aromatic carbocycles. The van der Waals surface area contributed by atoms with Gasteiger partial charge in [-0.25, -0.2) is 0 Å². The van der Waals surface area contributed by atoms with Crippen LogP contribution in [0.25, 0.3) is 0 Å². The van der Waals surface area contributed by atoms with Gasteiger partial charge in [0.25, 0.3) is 0 Å². The van der Waals surface area contributed by atoms with Gasteiger partial charge in [0.05, 0.1) is 25.2 Å². The fourth-order valence-corrected chi connectivity index (χ4v) is 3.14. The van der Waals surface area contributed by atoms with Gasteiger partial charge < -0.3 is 9.47 Å². The second-order valence-corrected chi connectivity index (χ2v) is 5.99. The Kier molecular flexibility index (Phi) is 7.87. The van der Waals surface area contributed by atoms with E-state index in [4.69, 9.17) is 14.7 Å². The molecule has 0 aromatic rings. The molecule has 0 N–H and O–H groups in total. The summed E-state index contributed by atoms with van der Waals surface area (Å²) in [6.45, 7) is 6.74. The lowest BCUT2D eigenvalue weighted by Gasteiger charge is -2.34. The fraction of sp³-hybridized carbons (Fsp3) is 0.824. The van der Waals surface area contributed by atoms with E-state index in [1.165, 1.54) is 6.42 Å². The maximum Gasteiger partial charge on any atom is 0.0700 e. The molecule has 0 fully saturated rings. The zero-order valence-electron chi connectivity index (χ0n) is 13.2. The number of nitriles is 1. The Morgan fingerprint density at radius 2 is 2.20 bits per heavy atom. The molecule has 0 aromatic heterocycles. The van der Waals surface area contributed by atoms with Crippen LogP contribution in [0.2, 0.25) is 0 Å². The van der Waals surface area contributed by atoms with E-state index in [2.05, 4.69) is 32.1 Å². The van der Waals surface area contributed by atoms with Crippen LogP contribution in [0.4, 0.5) is 0 Å². The van der Waals surface area contributed by atoms with Crippen molar-refractivity contribution in [3.63, 3.8) is 0 Å². The molecule has 3 atom stereocenters. The van der Waals surface area contributed by atoms with Gasteiger partial charge in [-0.1, -0.05) is 38.8 Å². The number of rotatable bonds is 8. The van der Waals surface area contributed by atoms with Crippen LogP contribution in [-0.4, -0.2) is 26.9 Å². The third-order valence-corrected chi connectivity index (χ3v) is 4.57. The molecule has 0 spiro atoms. The van der Waals surface area contributed by atoms with Crippen LogP contribution in [0.1, 0.15) is 46.0 Å². The van der Waals surface area contributed by atoms with E-state index in [9.17, 15) is 0 Å². The molecular formula is C17H29NO2. The van der Waals surface area contributed by atoms with Crippen molar-refractivity contribution in [2.45, 2.75) is 46.0 Å². The molecule has 0 saturated heterocycles. The highest BCUT2D eigenvalue weighted by atomic mass is 16.5. The highest BCUT2D eigenvalue weighted by Gasteiger charge is 2.31. The number of hydrogen-bond donors (Lipinski definition) is 0. The summed E-state index contributed by atoms with van der Waals surface area (Å²) in [4.78, 5) is 0. The summed E-state index contributed by atoms with van der Waals surface area (Å²) in [7, 11) is 1.70. The molecule has 1 aliphatic carbocycles. The van der Waals surface area contributed by atoms with Gasteiger partial charge in [-0.3, -0.25) is 0 Å². The standard InChI is InChI=1S/C17H29NO2/c1-4-16(8-11-20-13-12-19-3)17(2)9-5-6-15(14-18)7-10-17/h7,10,15-16H,4-6,8-9,11-13H2,1-3H3. The number of allylic oxidation sites excluding steroid dienone is 2. The van der Waals surface area contributed by atoms with Crippen molar-refractivity contribution in [1.29, 1.82) is 5.26 Å². The first-order chi connectivity index (χ1) is 9.66. The molecule has 0 saturated carbocycles. The summed E-state index contributed by atoms with van der Waals surface area (Å²) < 4.78 is 10.6. The van der Waals surface area contributed by atoms with Crippen LogP contribution < -0.4 is 0 Å². The van der Waals surface area contributed by atoms with E-state index in [1.807, 2.05) is 0 Å². The molecule has 3 unspecified atom stereocenters. The summed E-state index contributed by atoms with van der Waals surface area (Å²) in [5, 5.41) is 9.07. The minimum Gasteiger partial charge on any atom is -0.382 e. The number of hydrogen-bond acceptors (Lipinski definition) is 3. The molecule has 3 heteroatoms. The Morgan fingerprint density at radius 3 is 2.85 bits per heavy atom. The molecule has 114 valence electrons. The SMILES string of the molecule is CCC(CCOCCOC)C1(C)C=CC(C#N)CCC1. The molecule has 3 nitrogen and oxygen atoms in total. The minimum absolute atomic E-state index is 0.104. The Labute approximate surface area is 124 Å². The van der Waals surface area contributed by atoms with Crippen molar-refractivity contribution >= 4 is 0 Å². The van der Waals surface area contributed by atoms with Crippen LogP contribution in [-0.2, 0) is 9.47 Å². The first kappa shape index (κ1) is 17.2. The Balaban J connectivity index is 2.51. The molecule has 0 radical (unpaired) electrons. The highest BCUT2D eigenvalue weighted by Crippen LogP contribution is 2.41. The van der Waals surface area contributed by atoms with E-state index < -0.39 is 0 Å². The molecule has 0 aliphatic heterocycles. The lowest BCUT2D eigenvalue weighted by Crippen LogP contribution is -2.26. The molecule has 20 heavy (non-hydrogen) atoms. The third-order valence-electron chi connectivity index (χ3n) is 4.57. The second-order valence-electron chi connectivity index (χ2n) is 5.99. The summed E-state index contributed by atoms with van der Waals surface area (Å²) >= 11 is 0. The van der Waals surface area contributed by atoms with Gasteiger partial charge in [0, 0.05) is 13.7 Å². The predicted molar refractivity (Wildman–Crippen MR) is 81.3 cm³/mol. The van der Waals surface area contributed by atoms with Crippen LogP contribution in [0, 0.1) is 28.6 Å². The predicted octanol–water partition coefficient (Wildman–Crippen LogP) is 3.95. The van der Waals surface area contributed by atoms with Gasteiger partial charge in [0.1, 0.15) is 0 Å². The van der Waals surface area contributed by atoms with E-state index in [1.54, 1.807) is 7.11 Å². The third kappa shape index (κ3) is 5.26. The van der Waals surface area contributed by atoms with Gasteiger partial charge in [-0.05, 0) is 30.6 Å². The first-order valence-corrected chi connectivity index (χ1v) is 7.82. The summed E-state index contributed by atoms with van der Waals surface area (Å²) in [6, 6.07) is 2.38. The van der Waals surface area contributed by atoms with Gasteiger partial charge in [-0.15, -0.1) is 0 Å². The molecule has 0 amide bonds. The van der Waals surface area contributed by atoms with Crippen molar-refractivity contribution in [3.8, 4) is 6.07 Å². The average molecular weight is 279 g/mol. The maximum absolute atomic E-state index is 9.07. The van der Waals surface area contributed by atoms with Gasteiger partial charge in [0.15, 0.2) is 0 Å². The largest absolute Gasteiger partial charge is 0.382 e. The van der Waals surface area contributed by atoms with E-state index in [0.717, 1.165) is 32.3 Å². The van der Waals surface area contributed by atoms with Crippen LogP contribution in [0.15, 0.2) is 12.2 Å². The van der Waals surface area contributed by atoms with Crippen molar-refractivity contribution in [1.82, 2.24) is 0 Å². The van der Waals surface area contributed by atoms with Crippen molar-refractivity contribution < 1.29 is 9.47 Å². The van der Waals surface area contributed by atoms with Crippen molar-refractivity contribution in [2.75, 3.05) is 26.9 Å². The van der Waals surface area contributed by atoms with Crippen LogP contribution in [0.5, 0.6) is 0 Å². The number of methoxy groups -OCH3 is 1. The zero-order chi connectivity index (χ0) is 14.8. The van der Waals surface area contributed by atoms with E-state index in [0.29, 0.717) is 19.1 Å². The molecule has 0 heterocycles. The highest BCUT2D eigenvalue weighted by molar-refractivity contribution is 5.09. The van der Waals surface area contributed by atoms with Gasteiger partial charge in [-0.2, -0.15) is 5.26 Å². The summed E-state index contributed by atoms with van der Waals surface area (Å²) in [6.07, 6.45) is 9.99. The molecule has 0 bridgehead atoms. The van der Waals surface area contributed by atoms with Crippen molar-refractivity contribution in [3.05, 3.63) is 12.2 Å². The monoisotopic (exact) mass is 279 g/mol. The maximum atomic E-state index is 9.07. The number of ether oxygens (including phenoxy) is 2. The number of nitrogens with zero attached hydrogens (tertiary/aromatic N) is 1. The Morgan fingerprint density at radius 1 is 1.40 bits per heavy atom. The van der Waals surface area contributed by atoms with Crippen molar-refractivity contribution in [2.24, 2.45) is 17.3 Å². The summed E-state index contributed by atoms with van der Waals surface area (Å²) in [5.41, 5.74) is 0.213. The lowest BCUT2D eigenvalue weighted by molar-refractivity contribution is 0.0536. The minimum atomic E-state index is 0.104. The fourth-order valence-electron chi connectivity index (χ4n) is 3.14. The van der Waals surface area contributed by atoms with Gasteiger partial charge in [0.2, 0.25) is 0 Å². The second kappa shape index (κ2) is 9.15. The Bertz CT molecular complexity index is 334. The van der Waals surface area contributed by atoms with E-state index >= 15 is 0 Å². The van der Waals surface area contributed by atoms with Crippen LogP contribution >= 0.6 is 0 Å². The van der Waals surface area contributed by atoms with Crippen LogP contribution in [0.3, 0.4) is 0 Å². The zero-order valence-corrected chi connectivity index (χ0v) is 13.2.